The van der Waals surface area contributed by atoms with Gasteiger partial charge in [0.25, 0.3) is 11.5 Å². The quantitative estimate of drug-likeness (QED) is 0.151. The van der Waals surface area contributed by atoms with E-state index in [0.717, 1.165) is 6.07 Å². The van der Waals surface area contributed by atoms with Crippen LogP contribution in [-0.4, -0.2) is 96.6 Å². The number of rotatable bonds is 10. The number of aryl methyl sites for hydroxylation is 1. The number of nitrogens with two attached hydrogens (primary N) is 1. The van der Waals surface area contributed by atoms with Gasteiger partial charge in [0, 0.05) is 87.7 Å². The predicted octanol–water partition coefficient (Wildman–Crippen LogP) is 1.83. The number of halogens is 4. The average Bonchev–Trinajstić information content (AvgIpc) is 3.70. The zero-order valence-corrected chi connectivity index (χ0v) is 27.6. The number of anilines is 2. The summed E-state index contributed by atoms with van der Waals surface area (Å²) in [6.45, 7) is 3.38. The van der Waals surface area contributed by atoms with Crippen molar-refractivity contribution in [1.29, 1.82) is 0 Å². The molecular formula is C32H34ClF3N8O6. The number of amides is 2. The second kappa shape index (κ2) is 13.9. The van der Waals surface area contributed by atoms with Crippen LogP contribution in [0.2, 0.25) is 5.02 Å². The number of pyridine rings is 1. The molecule has 0 aliphatic carbocycles. The summed E-state index contributed by atoms with van der Waals surface area (Å²) in [5, 5.41) is 30.8. The highest BCUT2D eigenvalue weighted by molar-refractivity contribution is 6.33. The highest BCUT2D eigenvalue weighted by atomic mass is 35.5. The lowest BCUT2D eigenvalue weighted by atomic mass is 10.0. The van der Waals surface area contributed by atoms with Gasteiger partial charge >= 0.3 is 0 Å². The number of benzene rings is 1. The van der Waals surface area contributed by atoms with Gasteiger partial charge in [0.2, 0.25) is 17.7 Å². The van der Waals surface area contributed by atoms with Gasteiger partial charge in [0.1, 0.15) is 28.9 Å². The number of hydrogen-bond donors (Lipinski definition) is 5. The van der Waals surface area contributed by atoms with E-state index in [4.69, 9.17) is 17.3 Å². The van der Waals surface area contributed by atoms with Gasteiger partial charge in [-0.1, -0.05) is 11.6 Å². The van der Waals surface area contributed by atoms with Crippen molar-refractivity contribution in [2.75, 3.05) is 49.6 Å². The maximum atomic E-state index is 15.3. The Balaban J connectivity index is 1.32. The van der Waals surface area contributed by atoms with Crippen molar-refractivity contribution in [3.8, 4) is 16.9 Å². The van der Waals surface area contributed by atoms with E-state index in [9.17, 15) is 34.1 Å². The van der Waals surface area contributed by atoms with Crippen molar-refractivity contribution in [1.82, 2.24) is 24.0 Å². The predicted molar refractivity (Wildman–Crippen MR) is 177 cm³/mol. The molecule has 1 atom stereocenters. The van der Waals surface area contributed by atoms with Crippen LogP contribution in [0.3, 0.4) is 0 Å². The van der Waals surface area contributed by atoms with Crippen molar-refractivity contribution in [3.63, 3.8) is 0 Å². The number of aliphatic hydroxyl groups excluding tert-OH is 2. The second-order valence-corrected chi connectivity index (χ2v) is 12.9. The molecule has 50 heavy (non-hydrogen) atoms. The summed E-state index contributed by atoms with van der Waals surface area (Å²) in [7, 11) is 0. The number of carbonyl (C=O) groups excluding carboxylic acids is 2. The fourth-order valence-corrected chi connectivity index (χ4v) is 6.74. The van der Waals surface area contributed by atoms with Crippen LogP contribution < -0.4 is 21.5 Å². The number of aliphatic hydroxyl groups is 2. The normalized spacial score (nSPS) is 16.4. The minimum Gasteiger partial charge on any atom is -0.504 e. The number of nitrogens with one attached hydrogen (secondary N) is 1. The zero-order valence-electron chi connectivity index (χ0n) is 26.8. The van der Waals surface area contributed by atoms with Crippen molar-refractivity contribution < 1.29 is 38.1 Å². The van der Waals surface area contributed by atoms with E-state index in [-0.39, 0.29) is 53.3 Å². The zero-order chi connectivity index (χ0) is 36.0. The van der Waals surface area contributed by atoms with Crippen LogP contribution >= 0.6 is 11.6 Å². The first kappa shape index (κ1) is 35.1. The number of aromatic nitrogens is 4. The van der Waals surface area contributed by atoms with Crippen LogP contribution in [0.25, 0.3) is 22.2 Å². The third-order valence-electron chi connectivity index (χ3n) is 9.10. The van der Waals surface area contributed by atoms with E-state index in [1.807, 2.05) is 11.8 Å². The maximum Gasteiger partial charge on any atom is 0.263 e. The Labute approximate surface area is 287 Å². The van der Waals surface area contributed by atoms with E-state index in [1.165, 1.54) is 21.4 Å². The van der Waals surface area contributed by atoms with Gasteiger partial charge in [-0.25, -0.2) is 14.4 Å². The molecule has 14 nitrogen and oxygen atoms in total. The lowest BCUT2D eigenvalue weighted by Crippen LogP contribution is -2.53. The Morgan fingerprint density at radius 3 is 2.52 bits per heavy atom. The van der Waals surface area contributed by atoms with Crippen molar-refractivity contribution in [2.45, 2.75) is 38.9 Å². The first-order chi connectivity index (χ1) is 23.8. The summed E-state index contributed by atoms with van der Waals surface area (Å²) in [6.07, 6.45) is 2.26. The second-order valence-electron chi connectivity index (χ2n) is 12.5. The molecule has 1 fully saturated rings. The van der Waals surface area contributed by atoms with Crippen molar-refractivity contribution in [3.05, 3.63) is 62.7 Å². The molecule has 1 saturated heterocycles. The molecule has 2 amide bonds. The van der Waals surface area contributed by atoms with Gasteiger partial charge in [0.05, 0.1) is 16.6 Å². The van der Waals surface area contributed by atoms with Crippen LogP contribution in [0.15, 0.2) is 23.1 Å². The summed E-state index contributed by atoms with van der Waals surface area (Å²) in [5.74, 6) is -7.24. The van der Waals surface area contributed by atoms with Crippen LogP contribution in [-0.2, 0) is 24.3 Å². The summed E-state index contributed by atoms with van der Waals surface area (Å²) in [6, 6.07) is 2.10. The monoisotopic (exact) mass is 718 g/mol. The SMILES string of the molecule is C[C@H]1CN(CC(CO)CO)CCN1c1cc(NC(=O)Cn2cc(-c3cc(C(N)=O)c(O)c(F)c3F)c3c(=O)n4c(nc32)CCC4)c(Cl)c(F)n1. The van der Waals surface area contributed by atoms with E-state index in [2.05, 4.69) is 20.2 Å². The van der Waals surface area contributed by atoms with Gasteiger partial charge in [0.15, 0.2) is 11.6 Å². The molecular weight excluding hydrogens is 685 g/mol. The lowest BCUT2D eigenvalue weighted by Gasteiger charge is -2.41. The molecule has 1 aromatic carbocycles. The number of carbonyl (C=O) groups is 2. The number of nitrogens with zero attached hydrogens (tertiary/aromatic N) is 6. The summed E-state index contributed by atoms with van der Waals surface area (Å²) in [5.41, 5.74) is 3.12. The smallest absolute Gasteiger partial charge is 0.263 e. The molecule has 0 spiro atoms. The largest absolute Gasteiger partial charge is 0.504 e. The Kier molecular flexibility index (Phi) is 9.76. The maximum absolute atomic E-state index is 15.3. The highest BCUT2D eigenvalue weighted by Gasteiger charge is 2.30. The highest BCUT2D eigenvalue weighted by Crippen LogP contribution is 2.37. The Morgan fingerprint density at radius 1 is 1.10 bits per heavy atom. The summed E-state index contributed by atoms with van der Waals surface area (Å²) < 4.78 is 47.7. The standard InChI is InChI=1S/C32H34ClF3N8O6/c1-15-9-41(10-16(13-45)14-46)5-6-43(15)22-8-20(25(33)29(36)39-22)38-23(47)12-42-11-19(17-7-18(30(37)49)28(48)27(35)26(17)34)24-31(42)40-21-3-2-4-44(21)32(24)50/h7-8,11,15-16,45-46,48H,2-6,9-10,12-14H2,1H3,(H2,37,49)(H,38,39,47)/t15-/m0/s1. The fourth-order valence-electron chi connectivity index (χ4n) is 6.60. The molecule has 6 rings (SSSR count). The Bertz CT molecular complexity index is 2070. The molecule has 6 N–H and O–H groups in total. The molecule has 2 aliphatic rings. The Morgan fingerprint density at radius 2 is 1.84 bits per heavy atom. The minimum atomic E-state index is -1.75. The number of hydrogen-bond acceptors (Lipinski definition) is 10. The molecule has 18 heteroatoms. The van der Waals surface area contributed by atoms with Gasteiger partial charge in [-0.15, -0.1) is 0 Å². The lowest BCUT2D eigenvalue weighted by molar-refractivity contribution is -0.116. The molecule has 4 aromatic rings. The number of piperazine rings is 1. The number of primary amides is 1. The third kappa shape index (κ3) is 6.36. The molecule has 0 unspecified atom stereocenters. The molecule has 5 heterocycles. The number of fused-ring (bicyclic) bond motifs is 2. The van der Waals surface area contributed by atoms with Gasteiger partial charge in [-0.3, -0.25) is 23.9 Å². The van der Waals surface area contributed by atoms with Gasteiger partial charge in [-0.2, -0.15) is 8.78 Å². The first-order valence-electron chi connectivity index (χ1n) is 15.8. The van der Waals surface area contributed by atoms with Gasteiger partial charge < -0.3 is 35.8 Å². The Hall–Kier alpha value is -4.71. The summed E-state index contributed by atoms with van der Waals surface area (Å²) >= 11 is 6.22. The average molecular weight is 719 g/mol. The first-order valence-corrected chi connectivity index (χ1v) is 16.2. The third-order valence-corrected chi connectivity index (χ3v) is 9.46. The van der Waals surface area contributed by atoms with Gasteiger partial charge in [-0.05, 0) is 19.4 Å². The number of aromatic hydroxyl groups is 1. The molecule has 266 valence electrons. The fraction of sp³-hybridized carbons (Fsp3) is 0.406. The van der Waals surface area contributed by atoms with Crippen molar-refractivity contribution >= 4 is 46.0 Å². The van der Waals surface area contributed by atoms with Crippen molar-refractivity contribution in [2.24, 2.45) is 11.7 Å². The summed E-state index contributed by atoms with van der Waals surface area (Å²) in [4.78, 5) is 51.5. The molecule has 2 aliphatic heterocycles. The molecule has 0 radical (unpaired) electrons. The van der Waals surface area contributed by atoms with Crippen LogP contribution in [0.4, 0.5) is 24.7 Å². The molecule has 3 aromatic heterocycles. The van der Waals surface area contributed by atoms with E-state index in [0.29, 0.717) is 51.4 Å². The minimum absolute atomic E-state index is 0.0224. The van der Waals surface area contributed by atoms with Crippen LogP contribution in [0.1, 0.15) is 29.5 Å². The molecule has 0 bridgehead atoms. The number of phenols is 1. The van der Waals surface area contributed by atoms with E-state index < -0.39 is 63.4 Å². The topological polar surface area (TPSA) is 192 Å². The van der Waals surface area contributed by atoms with E-state index in [1.54, 1.807) is 0 Å². The molecule has 0 saturated carbocycles. The van der Waals surface area contributed by atoms with Crippen LogP contribution in [0, 0.1) is 23.5 Å². The van der Waals surface area contributed by atoms with Crippen LogP contribution in [0.5, 0.6) is 5.75 Å². The van der Waals surface area contributed by atoms with E-state index >= 15 is 8.78 Å².